The van der Waals surface area contributed by atoms with Gasteiger partial charge in [0.2, 0.25) is 0 Å². The number of aliphatic hydroxyl groups is 1. The smallest absolute Gasteiger partial charge is 0.0445 e. The maximum Gasteiger partial charge on any atom is 0.0445 e. The SMILES string of the molecule is C[C@H](CCO)NC1CCN(CC2CC2)CC1. The van der Waals surface area contributed by atoms with Gasteiger partial charge in [-0.3, -0.25) is 0 Å². The van der Waals surface area contributed by atoms with E-state index in [0.717, 1.165) is 12.3 Å². The van der Waals surface area contributed by atoms with E-state index in [0.29, 0.717) is 18.7 Å². The Labute approximate surface area is 99.2 Å². The van der Waals surface area contributed by atoms with Crippen LogP contribution in [0.5, 0.6) is 0 Å². The third kappa shape index (κ3) is 4.04. The van der Waals surface area contributed by atoms with Gasteiger partial charge in [0.05, 0.1) is 0 Å². The predicted molar refractivity (Wildman–Crippen MR) is 66.5 cm³/mol. The molecule has 2 aliphatic rings. The lowest BCUT2D eigenvalue weighted by Gasteiger charge is -2.33. The number of likely N-dealkylation sites (tertiary alicyclic amines) is 1. The van der Waals surface area contributed by atoms with Crippen LogP contribution in [-0.4, -0.2) is 48.3 Å². The number of piperidine rings is 1. The van der Waals surface area contributed by atoms with Crippen LogP contribution in [0.4, 0.5) is 0 Å². The van der Waals surface area contributed by atoms with Crippen molar-refractivity contribution in [3.8, 4) is 0 Å². The van der Waals surface area contributed by atoms with Gasteiger partial charge in [0.15, 0.2) is 0 Å². The van der Waals surface area contributed by atoms with E-state index in [9.17, 15) is 0 Å². The van der Waals surface area contributed by atoms with E-state index in [1.807, 2.05) is 0 Å². The molecule has 94 valence electrons. The first-order valence-corrected chi connectivity index (χ1v) is 6.87. The van der Waals surface area contributed by atoms with Gasteiger partial charge in [-0.15, -0.1) is 0 Å². The quantitative estimate of drug-likeness (QED) is 0.715. The van der Waals surface area contributed by atoms with Crippen molar-refractivity contribution in [1.82, 2.24) is 10.2 Å². The first kappa shape index (κ1) is 12.3. The molecule has 0 unspecified atom stereocenters. The van der Waals surface area contributed by atoms with E-state index >= 15 is 0 Å². The Morgan fingerprint density at radius 3 is 2.50 bits per heavy atom. The minimum absolute atomic E-state index is 0.300. The van der Waals surface area contributed by atoms with Crippen molar-refractivity contribution in [2.24, 2.45) is 5.92 Å². The normalized spacial score (nSPS) is 25.9. The van der Waals surface area contributed by atoms with Crippen molar-refractivity contribution in [2.45, 2.75) is 51.1 Å². The number of nitrogens with zero attached hydrogens (tertiary/aromatic N) is 1. The molecule has 1 atom stereocenters. The molecule has 0 aromatic rings. The first-order valence-electron chi connectivity index (χ1n) is 6.87. The Bertz CT molecular complexity index is 198. The standard InChI is InChI=1S/C13H26N2O/c1-11(6-9-16)14-13-4-7-15(8-5-13)10-12-2-3-12/h11-14,16H,2-10H2,1H3/t11-/m1/s1. The predicted octanol–water partition coefficient (Wildman–Crippen LogP) is 1.22. The van der Waals surface area contributed by atoms with Gasteiger partial charge in [0, 0.05) is 25.2 Å². The third-order valence-electron chi connectivity index (χ3n) is 3.88. The molecule has 0 radical (unpaired) electrons. The fraction of sp³-hybridized carbons (Fsp3) is 1.00. The van der Waals surface area contributed by atoms with Crippen LogP contribution in [0.3, 0.4) is 0 Å². The summed E-state index contributed by atoms with van der Waals surface area (Å²) in [6, 6.07) is 1.14. The Balaban J connectivity index is 1.60. The summed E-state index contributed by atoms with van der Waals surface area (Å²) < 4.78 is 0. The van der Waals surface area contributed by atoms with Crippen molar-refractivity contribution in [3.63, 3.8) is 0 Å². The Morgan fingerprint density at radius 2 is 1.94 bits per heavy atom. The van der Waals surface area contributed by atoms with E-state index in [1.165, 1.54) is 45.3 Å². The topological polar surface area (TPSA) is 35.5 Å². The molecule has 0 amide bonds. The van der Waals surface area contributed by atoms with Crippen molar-refractivity contribution in [2.75, 3.05) is 26.2 Å². The average molecular weight is 226 g/mol. The van der Waals surface area contributed by atoms with Crippen molar-refractivity contribution < 1.29 is 5.11 Å². The van der Waals surface area contributed by atoms with Crippen molar-refractivity contribution >= 4 is 0 Å². The minimum atomic E-state index is 0.300. The summed E-state index contributed by atoms with van der Waals surface area (Å²) in [5, 5.41) is 12.5. The summed E-state index contributed by atoms with van der Waals surface area (Å²) in [4.78, 5) is 2.63. The summed E-state index contributed by atoms with van der Waals surface area (Å²) in [5.74, 6) is 1.03. The molecular weight excluding hydrogens is 200 g/mol. The molecule has 3 nitrogen and oxygen atoms in total. The summed E-state index contributed by atoms with van der Waals surface area (Å²) in [6.45, 7) is 6.35. The Morgan fingerprint density at radius 1 is 1.25 bits per heavy atom. The Hall–Kier alpha value is -0.120. The largest absolute Gasteiger partial charge is 0.396 e. The minimum Gasteiger partial charge on any atom is -0.396 e. The molecule has 2 N–H and O–H groups in total. The van der Waals surface area contributed by atoms with E-state index < -0.39 is 0 Å². The fourth-order valence-corrected chi connectivity index (χ4v) is 2.63. The number of hydrogen-bond donors (Lipinski definition) is 2. The number of rotatable bonds is 6. The van der Waals surface area contributed by atoms with Crippen LogP contribution in [0.2, 0.25) is 0 Å². The van der Waals surface area contributed by atoms with E-state index in [4.69, 9.17) is 5.11 Å². The Kier molecular flexibility index (Phi) is 4.62. The zero-order chi connectivity index (χ0) is 11.4. The highest BCUT2D eigenvalue weighted by atomic mass is 16.3. The van der Waals surface area contributed by atoms with Gasteiger partial charge < -0.3 is 15.3 Å². The summed E-state index contributed by atoms with van der Waals surface area (Å²) in [6.07, 6.45) is 6.37. The second kappa shape index (κ2) is 5.99. The second-order valence-electron chi connectivity index (χ2n) is 5.60. The van der Waals surface area contributed by atoms with Crippen LogP contribution in [0.1, 0.15) is 39.0 Å². The van der Waals surface area contributed by atoms with Crippen LogP contribution in [0.25, 0.3) is 0 Å². The molecule has 16 heavy (non-hydrogen) atoms. The van der Waals surface area contributed by atoms with E-state index in [1.54, 1.807) is 0 Å². The molecule has 3 heteroatoms. The highest BCUT2D eigenvalue weighted by Gasteiger charge is 2.27. The zero-order valence-electron chi connectivity index (χ0n) is 10.5. The highest BCUT2D eigenvalue weighted by Crippen LogP contribution is 2.30. The van der Waals surface area contributed by atoms with E-state index in [-0.39, 0.29) is 0 Å². The number of hydrogen-bond acceptors (Lipinski definition) is 3. The molecule has 2 fully saturated rings. The summed E-state index contributed by atoms with van der Waals surface area (Å²) in [5.41, 5.74) is 0. The van der Waals surface area contributed by atoms with Gasteiger partial charge in [0.1, 0.15) is 0 Å². The summed E-state index contributed by atoms with van der Waals surface area (Å²) in [7, 11) is 0. The van der Waals surface area contributed by atoms with Gasteiger partial charge in [-0.05, 0) is 58.0 Å². The van der Waals surface area contributed by atoms with Crippen molar-refractivity contribution in [3.05, 3.63) is 0 Å². The molecule has 1 aliphatic heterocycles. The van der Waals surface area contributed by atoms with Gasteiger partial charge in [-0.25, -0.2) is 0 Å². The number of nitrogens with one attached hydrogen (secondary N) is 1. The van der Waals surface area contributed by atoms with Gasteiger partial charge in [-0.1, -0.05) is 0 Å². The van der Waals surface area contributed by atoms with Gasteiger partial charge >= 0.3 is 0 Å². The molecule has 0 spiro atoms. The van der Waals surface area contributed by atoms with Crippen LogP contribution in [-0.2, 0) is 0 Å². The lowest BCUT2D eigenvalue weighted by Crippen LogP contribution is -2.46. The zero-order valence-corrected chi connectivity index (χ0v) is 10.5. The maximum atomic E-state index is 8.87. The molecule has 1 saturated carbocycles. The van der Waals surface area contributed by atoms with Gasteiger partial charge in [0.25, 0.3) is 0 Å². The van der Waals surface area contributed by atoms with Crippen LogP contribution in [0, 0.1) is 5.92 Å². The molecule has 0 aromatic heterocycles. The van der Waals surface area contributed by atoms with Crippen LogP contribution in [0.15, 0.2) is 0 Å². The average Bonchev–Trinajstić information content (AvgIpc) is 3.05. The van der Waals surface area contributed by atoms with Gasteiger partial charge in [-0.2, -0.15) is 0 Å². The number of aliphatic hydroxyl groups excluding tert-OH is 1. The lowest BCUT2D eigenvalue weighted by molar-refractivity contribution is 0.180. The molecule has 0 aromatic carbocycles. The van der Waals surface area contributed by atoms with Crippen molar-refractivity contribution in [1.29, 1.82) is 0 Å². The molecule has 2 rings (SSSR count). The summed E-state index contributed by atoms with van der Waals surface area (Å²) >= 11 is 0. The fourth-order valence-electron chi connectivity index (χ4n) is 2.63. The molecule has 1 aliphatic carbocycles. The molecular formula is C13H26N2O. The third-order valence-corrected chi connectivity index (χ3v) is 3.88. The maximum absolute atomic E-state index is 8.87. The molecule has 0 bridgehead atoms. The lowest BCUT2D eigenvalue weighted by atomic mass is 10.0. The molecule has 1 heterocycles. The first-order chi connectivity index (χ1) is 7.78. The highest BCUT2D eigenvalue weighted by molar-refractivity contribution is 4.83. The monoisotopic (exact) mass is 226 g/mol. The van der Waals surface area contributed by atoms with Crippen LogP contribution < -0.4 is 5.32 Å². The molecule has 1 saturated heterocycles. The van der Waals surface area contributed by atoms with Crippen LogP contribution >= 0.6 is 0 Å². The second-order valence-corrected chi connectivity index (χ2v) is 5.60. The van der Waals surface area contributed by atoms with E-state index in [2.05, 4.69) is 17.1 Å².